The fourth-order valence-corrected chi connectivity index (χ4v) is 1.93. The van der Waals surface area contributed by atoms with Crippen molar-refractivity contribution in [2.24, 2.45) is 0 Å². The van der Waals surface area contributed by atoms with Gasteiger partial charge in [0.05, 0.1) is 11.1 Å². The van der Waals surface area contributed by atoms with Crippen LogP contribution in [0.25, 0.3) is 11.1 Å². The van der Waals surface area contributed by atoms with E-state index in [0.29, 0.717) is 12.1 Å². The van der Waals surface area contributed by atoms with E-state index in [1.807, 2.05) is 0 Å². The first-order chi connectivity index (χ1) is 8.90. The van der Waals surface area contributed by atoms with Gasteiger partial charge in [-0.05, 0) is 12.1 Å². The lowest BCUT2D eigenvalue weighted by atomic mass is 10.0. The van der Waals surface area contributed by atoms with Gasteiger partial charge in [-0.1, -0.05) is 17.7 Å². The molecule has 2 aromatic rings. The summed E-state index contributed by atoms with van der Waals surface area (Å²) >= 11 is 5.80. The highest BCUT2D eigenvalue weighted by Gasteiger charge is 2.17. The van der Waals surface area contributed by atoms with Crippen molar-refractivity contribution in [2.75, 3.05) is 0 Å². The minimum Gasteiger partial charge on any atom is -0.478 e. The van der Waals surface area contributed by atoms with Crippen molar-refractivity contribution in [3.63, 3.8) is 0 Å². The van der Waals surface area contributed by atoms with Gasteiger partial charge in [0.1, 0.15) is 17.5 Å². The van der Waals surface area contributed by atoms with E-state index in [-0.39, 0.29) is 16.1 Å². The summed E-state index contributed by atoms with van der Waals surface area (Å²) in [6, 6.07) is 4.46. The maximum absolute atomic E-state index is 13.6. The number of aromatic carboxylic acids is 1. The Hall–Kier alpha value is -2.01. The van der Waals surface area contributed by atoms with Gasteiger partial charge in [0.15, 0.2) is 0 Å². The maximum Gasteiger partial charge on any atom is 0.335 e. The molecule has 98 valence electrons. The fourth-order valence-electron chi connectivity index (χ4n) is 1.65. The Morgan fingerprint density at radius 3 is 2.11 bits per heavy atom. The number of benzene rings is 2. The summed E-state index contributed by atoms with van der Waals surface area (Å²) < 4.78 is 40.0. The fraction of sp³-hybridized carbons (Fsp3) is 0. The van der Waals surface area contributed by atoms with Gasteiger partial charge < -0.3 is 5.11 Å². The summed E-state index contributed by atoms with van der Waals surface area (Å²) in [7, 11) is 0. The number of hydrogen-bond acceptors (Lipinski definition) is 1. The molecule has 0 atom stereocenters. The van der Waals surface area contributed by atoms with Crippen LogP contribution in [-0.2, 0) is 0 Å². The maximum atomic E-state index is 13.6. The molecule has 0 aromatic heterocycles. The van der Waals surface area contributed by atoms with Gasteiger partial charge in [-0.15, -0.1) is 0 Å². The van der Waals surface area contributed by atoms with Gasteiger partial charge in [-0.3, -0.25) is 0 Å². The second-order valence-corrected chi connectivity index (χ2v) is 4.15. The highest BCUT2D eigenvalue weighted by atomic mass is 35.5. The average molecular weight is 287 g/mol. The van der Waals surface area contributed by atoms with Crippen LogP contribution >= 0.6 is 11.6 Å². The molecule has 0 aliphatic carbocycles. The van der Waals surface area contributed by atoms with Crippen molar-refractivity contribution < 1.29 is 23.1 Å². The molecule has 0 amide bonds. The average Bonchev–Trinajstić information content (AvgIpc) is 2.29. The van der Waals surface area contributed by atoms with Crippen LogP contribution in [0.15, 0.2) is 30.3 Å². The van der Waals surface area contributed by atoms with E-state index < -0.39 is 29.0 Å². The Labute approximate surface area is 111 Å². The van der Waals surface area contributed by atoms with Crippen LogP contribution in [0.4, 0.5) is 13.2 Å². The van der Waals surface area contributed by atoms with Gasteiger partial charge in [0.2, 0.25) is 0 Å². The van der Waals surface area contributed by atoms with E-state index in [9.17, 15) is 18.0 Å². The molecule has 0 aliphatic rings. The molecule has 2 rings (SSSR count). The molecule has 1 N–H and O–H groups in total. The number of rotatable bonds is 2. The summed E-state index contributed by atoms with van der Waals surface area (Å²) in [4.78, 5) is 10.7. The van der Waals surface area contributed by atoms with Crippen molar-refractivity contribution in [1.82, 2.24) is 0 Å². The van der Waals surface area contributed by atoms with Crippen molar-refractivity contribution in [1.29, 1.82) is 0 Å². The first-order valence-corrected chi connectivity index (χ1v) is 5.45. The molecule has 0 saturated carbocycles. The van der Waals surface area contributed by atoms with Gasteiger partial charge in [0, 0.05) is 22.7 Å². The third-order valence-corrected chi connectivity index (χ3v) is 2.80. The smallest absolute Gasteiger partial charge is 0.335 e. The van der Waals surface area contributed by atoms with Crippen LogP contribution in [-0.4, -0.2) is 11.1 Å². The Balaban J connectivity index is 2.63. The van der Waals surface area contributed by atoms with Gasteiger partial charge >= 0.3 is 5.97 Å². The van der Waals surface area contributed by atoms with E-state index in [1.165, 1.54) is 6.07 Å². The first kappa shape index (κ1) is 13.4. The van der Waals surface area contributed by atoms with E-state index in [1.54, 1.807) is 0 Å². The zero-order valence-corrected chi connectivity index (χ0v) is 10.0. The number of hydrogen-bond donors (Lipinski definition) is 1. The molecule has 0 unspecified atom stereocenters. The lowest BCUT2D eigenvalue weighted by Crippen LogP contribution is -1.98. The molecule has 0 heterocycles. The molecule has 2 aromatic carbocycles. The predicted molar refractivity (Wildman–Crippen MR) is 63.7 cm³/mol. The predicted octanol–water partition coefficient (Wildman–Crippen LogP) is 4.12. The number of halogens is 4. The molecule has 0 bridgehead atoms. The molecule has 0 radical (unpaired) electrons. The third-order valence-electron chi connectivity index (χ3n) is 2.49. The Morgan fingerprint density at radius 2 is 1.63 bits per heavy atom. The highest BCUT2D eigenvalue weighted by molar-refractivity contribution is 6.33. The molecular weight excluding hydrogens is 281 g/mol. The SMILES string of the molecule is O=C(O)c1ccc(-c2c(F)cc(F)cc2F)c(Cl)c1. The zero-order chi connectivity index (χ0) is 14.2. The van der Waals surface area contributed by atoms with Crippen molar-refractivity contribution >= 4 is 17.6 Å². The molecule has 0 fully saturated rings. The summed E-state index contributed by atoms with van der Waals surface area (Å²) in [5, 5.41) is 8.63. The molecule has 19 heavy (non-hydrogen) atoms. The number of carboxylic acid groups (broad SMARTS) is 1. The highest BCUT2D eigenvalue weighted by Crippen LogP contribution is 2.33. The van der Waals surface area contributed by atoms with Crippen LogP contribution in [0.1, 0.15) is 10.4 Å². The summed E-state index contributed by atoms with van der Waals surface area (Å²) in [6.07, 6.45) is 0. The van der Waals surface area contributed by atoms with E-state index in [4.69, 9.17) is 16.7 Å². The van der Waals surface area contributed by atoms with E-state index in [2.05, 4.69) is 0 Å². The summed E-state index contributed by atoms with van der Waals surface area (Å²) in [5.41, 5.74) is -0.651. The second kappa shape index (κ2) is 4.93. The quantitative estimate of drug-likeness (QED) is 0.901. The molecule has 2 nitrogen and oxygen atoms in total. The van der Waals surface area contributed by atoms with Crippen molar-refractivity contribution in [3.8, 4) is 11.1 Å². The Kier molecular flexibility index (Phi) is 3.48. The van der Waals surface area contributed by atoms with Crippen LogP contribution in [0.5, 0.6) is 0 Å². The summed E-state index contributed by atoms with van der Waals surface area (Å²) in [5.74, 6) is -4.48. The lowest BCUT2D eigenvalue weighted by Gasteiger charge is -2.08. The molecule has 0 aliphatic heterocycles. The lowest BCUT2D eigenvalue weighted by molar-refractivity contribution is 0.0697. The molecular formula is C13H6ClF3O2. The standard InChI is InChI=1S/C13H6ClF3O2/c14-9-3-6(13(18)19)1-2-8(9)12-10(16)4-7(15)5-11(12)17/h1-5H,(H,18,19). The van der Waals surface area contributed by atoms with Crippen molar-refractivity contribution in [3.05, 3.63) is 58.4 Å². The number of carboxylic acids is 1. The zero-order valence-electron chi connectivity index (χ0n) is 9.25. The van der Waals surface area contributed by atoms with Crippen LogP contribution < -0.4 is 0 Å². The summed E-state index contributed by atoms with van der Waals surface area (Å²) in [6.45, 7) is 0. The van der Waals surface area contributed by atoms with Crippen molar-refractivity contribution in [2.45, 2.75) is 0 Å². The largest absolute Gasteiger partial charge is 0.478 e. The topological polar surface area (TPSA) is 37.3 Å². The van der Waals surface area contributed by atoms with Crippen LogP contribution in [0.3, 0.4) is 0 Å². The van der Waals surface area contributed by atoms with Gasteiger partial charge in [-0.25, -0.2) is 18.0 Å². The second-order valence-electron chi connectivity index (χ2n) is 3.74. The Bertz CT molecular complexity index is 648. The minimum absolute atomic E-state index is 0.0401. The first-order valence-electron chi connectivity index (χ1n) is 5.08. The van der Waals surface area contributed by atoms with E-state index >= 15 is 0 Å². The molecule has 0 spiro atoms. The van der Waals surface area contributed by atoms with Crippen LogP contribution in [0.2, 0.25) is 5.02 Å². The Morgan fingerprint density at radius 1 is 1.05 bits per heavy atom. The van der Waals surface area contributed by atoms with Gasteiger partial charge in [-0.2, -0.15) is 0 Å². The minimum atomic E-state index is -1.21. The number of carbonyl (C=O) groups is 1. The van der Waals surface area contributed by atoms with Crippen LogP contribution in [0, 0.1) is 17.5 Å². The monoisotopic (exact) mass is 286 g/mol. The van der Waals surface area contributed by atoms with E-state index in [0.717, 1.165) is 12.1 Å². The molecule has 6 heteroatoms. The normalized spacial score (nSPS) is 10.5. The molecule has 0 saturated heterocycles. The third kappa shape index (κ3) is 2.56. The van der Waals surface area contributed by atoms with Gasteiger partial charge in [0.25, 0.3) is 0 Å².